The lowest BCUT2D eigenvalue weighted by molar-refractivity contribution is -0.198. The Kier molecular flexibility index (Phi) is 6.80. The summed E-state index contributed by atoms with van der Waals surface area (Å²) in [6.45, 7) is 0. The van der Waals surface area contributed by atoms with Crippen molar-refractivity contribution >= 4 is 0 Å². The normalized spacial score (nSPS) is 50.5. The van der Waals surface area contributed by atoms with Gasteiger partial charge in [0, 0.05) is 26.1 Å². The maximum atomic E-state index is 15.4. The number of hydrogen-bond acceptors (Lipinski definition) is 3. The fourth-order valence-corrected chi connectivity index (χ4v) is 8.20. The van der Waals surface area contributed by atoms with Gasteiger partial charge in [-0.05, 0) is 88.4 Å². The topological polar surface area (TPSA) is 27.7 Å². The predicted octanol–water partition coefficient (Wildman–Crippen LogP) is 6.26. The Morgan fingerprint density at radius 2 is 1.58 bits per heavy atom. The van der Waals surface area contributed by atoms with Crippen LogP contribution in [0.3, 0.4) is 0 Å². The maximum absolute atomic E-state index is 15.4. The van der Waals surface area contributed by atoms with Crippen molar-refractivity contribution in [1.82, 2.24) is 0 Å². The van der Waals surface area contributed by atoms with E-state index in [0.29, 0.717) is 30.5 Å². The molecule has 31 heavy (non-hydrogen) atoms. The predicted molar refractivity (Wildman–Crippen MR) is 121 cm³/mol. The summed E-state index contributed by atoms with van der Waals surface area (Å²) in [6.07, 6.45) is 19.5. The molecule has 176 valence electrons. The van der Waals surface area contributed by atoms with Gasteiger partial charge in [0.15, 0.2) is 0 Å². The second-order valence-electron chi connectivity index (χ2n) is 11.2. The molecule has 0 aromatic carbocycles. The molecule has 0 N–H and O–H groups in total. The summed E-state index contributed by atoms with van der Waals surface area (Å²) >= 11 is 0. The van der Waals surface area contributed by atoms with E-state index < -0.39 is 11.8 Å². The van der Waals surface area contributed by atoms with E-state index in [9.17, 15) is 0 Å². The van der Waals surface area contributed by atoms with E-state index in [-0.39, 0.29) is 12.0 Å². The number of fused-ring (bicyclic) bond motifs is 3. The summed E-state index contributed by atoms with van der Waals surface area (Å²) in [4.78, 5) is 0. The monoisotopic (exact) mass is 434 g/mol. The Hall–Kier alpha value is -0.450. The fourth-order valence-electron chi connectivity index (χ4n) is 8.20. The zero-order valence-corrected chi connectivity index (χ0v) is 19.6. The number of methoxy groups -OCH3 is 2. The molecule has 1 aliphatic heterocycles. The van der Waals surface area contributed by atoms with Gasteiger partial charge in [-0.1, -0.05) is 25.0 Å². The highest BCUT2D eigenvalue weighted by Gasteiger charge is 2.55. The Balaban J connectivity index is 1.40. The molecule has 0 bridgehead atoms. The quantitative estimate of drug-likeness (QED) is 0.489. The van der Waals surface area contributed by atoms with Crippen molar-refractivity contribution in [2.45, 2.75) is 114 Å². The first-order valence-electron chi connectivity index (χ1n) is 13.2. The van der Waals surface area contributed by atoms with Crippen LogP contribution in [0.2, 0.25) is 0 Å². The summed E-state index contributed by atoms with van der Waals surface area (Å²) in [5.41, 5.74) is -0.393. The molecule has 5 aliphatic rings. The van der Waals surface area contributed by atoms with E-state index in [1.807, 2.05) is 14.2 Å². The Labute approximate surface area is 188 Å². The number of rotatable bonds is 4. The minimum atomic E-state index is -0.719. The average molecular weight is 435 g/mol. The molecule has 4 saturated carbocycles. The third-order valence-electron chi connectivity index (χ3n) is 9.91. The molecule has 5 rings (SSSR count). The largest absolute Gasteiger partial charge is 0.381 e. The Bertz CT molecular complexity index is 630. The van der Waals surface area contributed by atoms with Crippen LogP contribution in [0.4, 0.5) is 4.39 Å². The highest BCUT2D eigenvalue weighted by atomic mass is 19.1. The third-order valence-corrected chi connectivity index (χ3v) is 9.91. The molecule has 0 saturated heterocycles. The van der Waals surface area contributed by atoms with E-state index in [1.165, 1.54) is 25.7 Å². The SMILES string of the molecule is COC1CCC(C2(C3CCCCC3F)C=CC3C(CCC4CC(OC)CCC43)O2)CC1. The van der Waals surface area contributed by atoms with Crippen molar-refractivity contribution in [2.75, 3.05) is 14.2 Å². The van der Waals surface area contributed by atoms with Crippen molar-refractivity contribution in [2.24, 2.45) is 29.6 Å². The molecule has 0 spiro atoms. The summed E-state index contributed by atoms with van der Waals surface area (Å²) in [5, 5.41) is 0. The molecule has 0 radical (unpaired) electrons. The first-order valence-corrected chi connectivity index (χ1v) is 13.2. The number of halogens is 1. The molecule has 4 heteroatoms. The maximum Gasteiger partial charge on any atom is 0.106 e. The van der Waals surface area contributed by atoms with Crippen molar-refractivity contribution < 1.29 is 18.6 Å². The highest BCUT2D eigenvalue weighted by molar-refractivity contribution is 5.19. The molecule has 0 amide bonds. The molecule has 8 atom stereocenters. The number of alkyl halides is 1. The standard InChI is InChI=1S/C27H43FO3/c1-29-20-10-8-19(9-11-20)27(24-5-3-4-6-25(24)28)16-15-23-22-13-12-21(30-2)17-18(22)7-14-26(23)31-27/h15-16,18-26H,3-14,17H2,1-2H3. The van der Waals surface area contributed by atoms with E-state index >= 15 is 4.39 Å². The van der Waals surface area contributed by atoms with Crippen molar-refractivity contribution in [1.29, 1.82) is 0 Å². The fraction of sp³-hybridized carbons (Fsp3) is 0.926. The van der Waals surface area contributed by atoms with Gasteiger partial charge in [0.1, 0.15) is 6.17 Å². The van der Waals surface area contributed by atoms with Gasteiger partial charge in [-0.15, -0.1) is 0 Å². The van der Waals surface area contributed by atoms with Crippen molar-refractivity contribution in [3.8, 4) is 0 Å². The van der Waals surface area contributed by atoms with Crippen LogP contribution in [0.15, 0.2) is 12.2 Å². The minimum absolute atomic E-state index is 0.0319. The zero-order chi connectivity index (χ0) is 21.4. The summed E-state index contributed by atoms with van der Waals surface area (Å²) in [7, 11) is 3.70. The second-order valence-corrected chi connectivity index (χ2v) is 11.2. The van der Waals surface area contributed by atoms with Crippen LogP contribution >= 0.6 is 0 Å². The number of hydrogen-bond donors (Lipinski definition) is 0. The molecule has 0 aromatic rings. The van der Waals surface area contributed by atoms with E-state index in [0.717, 1.165) is 63.2 Å². The smallest absolute Gasteiger partial charge is 0.106 e. The molecular weight excluding hydrogens is 391 g/mol. The highest BCUT2D eigenvalue weighted by Crippen LogP contribution is 2.54. The Morgan fingerprint density at radius 1 is 0.839 bits per heavy atom. The van der Waals surface area contributed by atoms with Gasteiger partial charge < -0.3 is 14.2 Å². The lowest BCUT2D eigenvalue weighted by atomic mass is 9.60. The third kappa shape index (κ3) is 4.15. The van der Waals surface area contributed by atoms with Gasteiger partial charge in [-0.25, -0.2) is 4.39 Å². The van der Waals surface area contributed by atoms with Crippen molar-refractivity contribution in [3.05, 3.63) is 12.2 Å². The number of ether oxygens (including phenoxy) is 3. The summed E-state index contributed by atoms with van der Waals surface area (Å²) < 4.78 is 33.9. The van der Waals surface area contributed by atoms with Crippen LogP contribution < -0.4 is 0 Å². The van der Waals surface area contributed by atoms with Gasteiger partial charge in [-0.2, -0.15) is 0 Å². The molecular formula is C27H43FO3. The van der Waals surface area contributed by atoms with Crippen molar-refractivity contribution in [3.63, 3.8) is 0 Å². The molecule has 4 aliphatic carbocycles. The average Bonchev–Trinajstić information content (AvgIpc) is 2.83. The molecule has 1 heterocycles. The van der Waals surface area contributed by atoms with Gasteiger partial charge in [0.05, 0.1) is 23.9 Å². The van der Waals surface area contributed by atoms with Gasteiger partial charge in [0.2, 0.25) is 0 Å². The lowest BCUT2D eigenvalue weighted by Crippen LogP contribution is -2.58. The van der Waals surface area contributed by atoms with Crippen LogP contribution in [0.5, 0.6) is 0 Å². The van der Waals surface area contributed by atoms with Gasteiger partial charge in [0.25, 0.3) is 0 Å². The Morgan fingerprint density at radius 3 is 2.32 bits per heavy atom. The van der Waals surface area contributed by atoms with Crippen LogP contribution in [-0.4, -0.2) is 44.3 Å². The first-order chi connectivity index (χ1) is 15.1. The van der Waals surface area contributed by atoms with Crippen LogP contribution in [0.25, 0.3) is 0 Å². The molecule has 0 aromatic heterocycles. The van der Waals surface area contributed by atoms with E-state index in [1.54, 1.807) is 0 Å². The van der Waals surface area contributed by atoms with Gasteiger partial charge >= 0.3 is 0 Å². The molecule has 8 unspecified atom stereocenters. The second kappa shape index (κ2) is 9.43. The van der Waals surface area contributed by atoms with E-state index in [4.69, 9.17) is 14.2 Å². The lowest BCUT2D eigenvalue weighted by Gasteiger charge is -2.56. The van der Waals surface area contributed by atoms with Gasteiger partial charge in [-0.3, -0.25) is 0 Å². The summed E-state index contributed by atoms with van der Waals surface area (Å²) in [6, 6.07) is 0. The van der Waals surface area contributed by atoms with Crippen LogP contribution in [0.1, 0.15) is 83.5 Å². The molecule has 3 nitrogen and oxygen atoms in total. The molecule has 4 fully saturated rings. The first kappa shape index (κ1) is 22.3. The van der Waals surface area contributed by atoms with Crippen LogP contribution in [0, 0.1) is 29.6 Å². The van der Waals surface area contributed by atoms with Crippen LogP contribution in [-0.2, 0) is 14.2 Å². The van der Waals surface area contributed by atoms with E-state index in [2.05, 4.69) is 12.2 Å². The zero-order valence-electron chi connectivity index (χ0n) is 19.6. The minimum Gasteiger partial charge on any atom is -0.381 e. The summed E-state index contributed by atoms with van der Waals surface area (Å²) in [5.74, 6) is 2.46.